The number of halogens is 3. The Labute approximate surface area is 61.5 Å². The summed E-state index contributed by atoms with van der Waals surface area (Å²) in [6.07, 6.45) is 0. The van der Waals surface area contributed by atoms with Gasteiger partial charge in [0, 0.05) is 0 Å². The summed E-state index contributed by atoms with van der Waals surface area (Å²) in [4.78, 5) is 0. The van der Waals surface area contributed by atoms with Crippen LogP contribution in [-0.4, -0.2) is 0 Å². The van der Waals surface area contributed by atoms with E-state index in [0.29, 0.717) is 6.07 Å². The minimum Gasteiger partial charge on any atom is -0.244 e. The van der Waals surface area contributed by atoms with Gasteiger partial charge in [-0.1, -0.05) is 6.07 Å². The zero-order valence-electron chi connectivity index (χ0n) is 5.30. The molecular weight excluding hydrogens is 176 g/mol. The second-order valence-electron chi connectivity index (χ2n) is 1.94. The third-order valence-corrected chi connectivity index (χ3v) is 1.99. The van der Waals surface area contributed by atoms with Gasteiger partial charge >= 0.3 is 7.76 Å². The Morgan fingerprint density at radius 1 is 1.27 bits per heavy atom. The predicted octanol–water partition coefficient (Wildman–Crippen LogP) is 2.58. The van der Waals surface area contributed by atoms with E-state index in [4.69, 9.17) is 0 Å². The van der Waals surface area contributed by atoms with Gasteiger partial charge in [0.2, 0.25) is 0 Å². The number of benzene rings is 1. The number of hydrogen-bond donors (Lipinski definition) is 0. The summed E-state index contributed by atoms with van der Waals surface area (Å²) in [6.45, 7) is 0. The summed E-state index contributed by atoms with van der Waals surface area (Å²) < 4.78 is 46.4. The van der Waals surface area contributed by atoms with Gasteiger partial charge < -0.3 is 0 Å². The van der Waals surface area contributed by atoms with E-state index >= 15 is 0 Å². The SMILES string of the molecule is O=P(F)(F)c1cccc(F)c1. The molecule has 0 aliphatic carbocycles. The van der Waals surface area contributed by atoms with E-state index in [2.05, 4.69) is 0 Å². The van der Waals surface area contributed by atoms with Crippen LogP contribution in [0.1, 0.15) is 0 Å². The highest BCUT2D eigenvalue weighted by Crippen LogP contribution is 2.47. The maximum atomic E-state index is 12.2. The fourth-order valence-electron chi connectivity index (χ4n) is 0.638. The molecule has 0 N–H and O–H groups in total. The molecule has 0 atom stereocenters. The third-order valence-electron chi connectivity index (χ3n) is 1.11. The summed E-state index contributed by atoms with van der Waals surface area (Å²) in [5.41, 5.74) is 0. The minimum absolute atomic E-state index is 0.570. The zero-order chi connectivity index (χ0) is 8.48. The van der Waals surface area contributed by atoms with Crippen molar-refractivity contribution >= 4 is 13.1 Å². The second kappa shape index (κ2) is 2.70. The van der Waals surface area contributed by atoms with Crippen molar-refractivity contribution in [3.05, 3.63) is 30.1 Å². The lowest BCUT2D eigenvalue weighted by molar-refractivity contribution is 0.507. The Morgan fingerprint density at radius 3 is 2.27 bits per heavy atom. The van der Waals surface area contributed by atoms with E-state index in [1.807, 2.05) is 0 Å². The van der Waals surface area contributed by atoms with E-state index < -0.39 is 18.9 Å². The minimum atomic E-state index is -5.29. The van der Waals surface area contributed by atoms with Crippen molar-refractivity contribution in [2.75, 3.05) is 0 Å². The molecule has 5 heteroatoms. The van der Waals surface area contributed by atoms with E-state index in [-0.39, 0.29) is 0 Å². The average Bonchev–Trinajstić information content (AvgIpc) is 1.86. The molecule has 1 nitrogen and oxygen atoms in total. The van der Waals surface area contributed by atoms with Gasteiger partial charge in [0.15, 0.2) is 0 Å². The molecular formula is C6H4F3OP. The van der Waals surface area contributed by atoms with Crippen molar-refractivity contribution in [2.24, 2.45) is 0 Å². The lowest BCUT2D eigenvalue weighted by atomic mass is 10.4. The molecule has 1 aromatic carbocycles. The van der Waals surface area contributed by atoms with Crippen molar-refractivity contribution in [3.8, 4) is 0 Å². The molecule has 0 heterocycles. The number of hydrogen-bond acceptors (Lipinski definition) is 1. The van der Waals surface area contributed by atoms with Gasteiger partial charge in [-0.3, -0.25) is 0 Å². The molecule has 0 aliphatic rings. The van der Waals surface area contributed by atoms with Gasteiger partial charge in [0.25, 0.3) is 0 Å². The molecule has 0 spiro atoms. The first-order valence-electron chi connectivity index (χ1n) is 2.75. The van der Waals surface area contributed by atoms with Crippen LogP contribution in [0.5, 0.6) is 0 Å². The van der Waals surface area contributed by atoms with Crippen molar-refractivity contribution in [3.63, 3.8) is 0 Å². The Morgan fingerprint density at radius 2 is 1.91 bits per heavy atom. The Balaban J connectivity index is 3.17. The maximum absolute atomic E-state index is 12.2. The fourth-order valence-corrected chi connectivity index (χ4v) is 1.17. The van der Waals surface area contributed by atoms with Crippen LogP contribution in [0, 0.1) is 5.82 Å². The smallest absolute Gasteiger partial charge is 0.244 e. The van der Waals surface area contributed by atoms with Crippen molar-refractivity contribution in [1.82, 2.24) is 0 Å². The normalized spacial score (nSPS) is 11.5. The first-order valence-corrected chi connectivity index (χ1v) is 4.24. The standard InChI is InChI=1S/C6H4F3OP/c7-5-2-1-3-6(4-5)11(8,9)10/h1-4H. The van der Waals surface area contributed by atoms with Crippen LogP contribution in [0.25, 0.3) is 0 Å². The molecule has 0 aliphatic heterocycles. The summed E-state index contributed by atoms with van der Waals surface area (Å²) >= 11 is 0. The molecule has 0 radical (unpaired) electrons. The topological polar surface area (TPSA) is 17.1 Å². The van der Waals surface area contributed by atoms with Crippen LogP contribution in [-0.2, 0) is 4.57 Å². The van der Waals surface area contributed by atoms with Crippen LogP contribution in [0.4, 0.5) is 12.8 Å². The van der Waals surface area contributed by atoms with Crippen LogP contribution in [0.2, 0.25) is 0 Å². The Hall–Kier alpha value is -0.760. The van der Waals surface area contributed by atoms with Crippen molar-refractivity contribution in [1.29, 1.82) is 0 Å². The molecule has 60 valence electrons. The molecule has 0 unspecified atom stereocenters. The monoisotopic (exact) mass is 180 g/mol. The summed E-state index contributed by atoms with van der Waals surface area (Å²) in [5.74, 6) is -0.807. The summed E-state index contributed by atoms with van der Waals surface area (Å²) in [7, 11) is -5.29. The molecule has 0 aromatic heterocycles. The molecule has 0 amide bonds. The van der Waals surface area contributed by atoms with Gasteiger partial charge in [-0.2, -0.15) is 0 Å². The Kier molecular flexibility index (Phi) is 2.05. The van der Waals surface area contributed by atoms with E-state index in [0.717, 1.165) is 18.2 Å². The summed E-state index contributed by atoms with van der Waals surface area (Å²) in [5, 5.41) is -0.738. The highest BCUT2D eigenvalue weighted by Gasteiger charge is 2.22. The van der Waals surface area contributed by atoms with Crippen LogP contribution >= 0.6 is 7.76 Å². The highest BCUT2D eigenvalue weighted by atomic mass is 31.2. The molecule has 0 bridgehead atoms. The molecule has 0 saturated carbocycles. The van der Waals surface area contributed by atoms with E-state index in [1.54, 1.807) is 0 Å². The summed E-state index contributed by atoms with van der Waals surface area (Å²) in [6, 6.07) is 3.61. The van der Waals surface area contributed by atoms with Gasteiger partial charge in [-0.15, -0.1) is 8.39 Å². The second-order valence-corrected chi connectivity index (χ2v) is 3.38. The third kappa shape index (κ3) is 2.09. The maximum Gasteiger partial charge on any atom is 0.433 e. The van der Waals surface area contributed by atoms with Gasteiger partial charge in [0.1, 0.15) is 5.82 Å². The number of rotatable bonds is 1. The first kappa shape index (κ1) is 8.34. The molecule has 11 heavy (non-hydrogen) atoms. The fraction of sp³-hybridized carbons (Fsp3) is 0. The predicted molar refractivity (Wildman–Crippen MR) is 35.9 cm³/mol. The molecule has 1 rings (SSSR count). The average molecular weight is 180 g/mol. The van der Waals surface area contributed by atoms with Crippen molar-refractivity contribution < 1.29 is 17.3 Å². The first-order chi connectivity index (χ1) is 5.00. The van der Waals surface area contributed by atoms with Gasteiger partial charge in [0.05, 0.1) is 5.30 Å². The molecule has 0 saturated heterocycles. The highest BCUT2D eigenvalue weighted by molar-refractivity contribution is 7.61. The van der Waals surface area contributed by atoms with Crippen LogP contribution < -0.4 is 5.30 Å². The van der Waals surface area contributed by atoms with Crippen LogP contribution in [0.3, 0.4) is 0 Å². The van der Waals surface area contributed by atoms with Gasteiger partial charge in [-0.25, -0.2) is 8.96 Å². The van der Waals surface area contributed by atoms with Crippen LogP contribution in [0.15, 0.2) is 24.3 Å². The quantitative estimate of drug-likeness (QED) is 0.607. The largest absolute Gasteiger partial charge is 0.433 e. The molecule has 1 aromatic rings. The molecule has 0 fully saturated rings. The van der Waals surface area contributed by atoms with Gasteiger partial charge in [-0.05, 0) is 18.2 Å². The zero-order valence-corrected chi connectivity index (χ0v) is 6.19. The lowest BCUT2D eigenvalue weighted by Crippen LogP contribution is -1.97. The van der Waals surface area contributed by atoms with Crippen molar-refractivity contribution in [2.45, 2.75) is 0 Å². The van der Waals surface area contributed by atoms with E-state index in [9.17, 15) is 17.3 Å². The Bertz CT molecular complexity index is 306. The lowest BCUT2D eigenvalue weighted by Gasteiger charge is -1.96. The van der Waals surface area contributed by atoms with E-state index in [1.165, 1.54) is 0 Å².